The van der Waals surface area contributed by atoms with Crippen molar-refractivity contribution in [3.05, 3.63) is 83.2 Å². The molecule has 4 nitrogen and oxygen atoms in total. The number of para-hydroxylation sites is 1. The summed E-state index contributed by atoms with van der Waals surface area (Å²) in [7, 11) is 0. The number of H-pyrrole nitrogens is 1. The molecule has 29 heavy (non-hydrogen) atoms. The van der Waals surface area contributed by atoms with Gasteiger partial charge in [0.1, 0.15) is 5.69 Å². The van der Waals surface area contributed by atoms with E-state index >= 15 is 0 Å². The quantitative estimate of drug-likeness (QED) is 0.613. The summed E-state index contributed by atoms with van der Waals surface area (Å²) in [4.78, 5) is 18.8. The van der Waals surface area contributed by atoms with Crippen molar-refractivity contribution >= 4 is 16.8 Å². The summed E-state index contributed by atoms with van der Waals surface area (Å²) < 4.78 is 0. The number of aromatic amines is 1. The second-order valence-electron chi connectivity index (χ2n) is 7.77. The van der Waals surface area contributed by atoms with Gasteiger partial charge in [0.05, 0.1) is 0 Å². The molecule has 0 aliphatic heterocycles. The zero-order valence-corrected chi connectivity index (χ0v) is 17.2. The monoisotopic (exact) mass is 387 g/mol. The first-order chi connectivity index (χ1) is 14.2. The topological polar surface area (TPSA) is 48.1 Å². The first-order valence-electron chi connectivity index (χ1n) is 10.5. The van der Waals surface area contributed by atoms with Crippen molar-refractivity contribution in [3.63, 3.8) is 0 Å². The molecule has 150 valence electrons. The van der Waals surface area contributed by atoms with Crippen LogP contribution in [0.3, 0.4) is 0 Å². The maximum Gasteiger partial charge on any atom is 0.270 e. The number of rotatable bonds is 6. The van der Waals surface area contributed by atoms with Crippen LogP contribution in [-0.4, -0.2) is 28.4 Å². The molecule has 1 amide bonds. The number of benzene rings is 2. The smallest absolute Gasteiger partial charge is 0.270 e. The minimum absolute atomic E-state index is 0.107. The number of hydrogen-bond donors (Lipinski definition) is 2. The Balaban J connectivity index is 1.47. The summed E-state index contributed by atoms with van der Waals surface area (Å²) >= 11 is 0. The van der Waals surface area contributed by atoms with Gasteiger partial charge in [-0.15, -0.1) is 0 Å². The number of hydrogen-bond acceptors (Lipinski definition) is 2. The van der Waals surface area contributed by atoms with Gasteiger partial charge in [-0.05, 0) is 43.9 Å². The molecule has 0 fully saturated rings. The van der Waals surface area contributed by atoms with E-state index in [4.69, 9.17) is 0 Å². The number of aryl methyl sites for hydroxylation is 1. The molecule has 4 rings (SSSR count). The van der Waals surface area contributed by atoms with Crippen LogP contribution in [-0.2, 0) is 6.54 Å². The zero-order chi connectivity index (χ0) is 20.2. The van der Waals surface area contributed by atoms with E-state index in [1.54, 1.807) is 0 Å². The van der Waals surface area contributed by atoms with Crippen molar-refractivity contribution in [1.82, 2.24) is 15.2 Å². The van der Waals surface area contributed by atoms with E-state index in [2.05, 4.69) is 53.6 Å². The fourth-order valence-electron chi connectivity index (χ4n) is 4.32. The second kappa shape index (κ2) is 8.56. The van der Waals surface area contributed by atoms with Gasteiger partial charge in [0.25, 0.3) is 5.91 Å². The minimum atomic E-state index is 0.107. The first kappa shape index (κ1) is 19.3. The van der Waals surface area contributed by atoms with Crippen LogP contribution in [0.4, 0.5) is 0 Å². The molecule has 0 spiro atoms. The molecule has 1 aliphatic rings. The lowest BCUT2D eigenvalue weighted by Gasteiger charge is -2.34. The van der Waals surface area contributed by atoms with Gasteiger partial charge < -0.3 is 15.2 Å². The normalized spacial score (nSPS) is 16.5. The molecular formula is C25H29N3O. The van der Waals surface area contributed by atoms with Crippen molar-refractivity contribution in [2.24, 2.45) is 0 Å². The molecule has 1 unspecified atom stereocenters. The van der Waals surface area contributed by atoms with Crippen molar-refractivity contribution < 1.29 is 4.79 Å². The van der Waals surface area contributed by atoms with Crippen LogP contribution in [0.1, 0.15) is 47.8 Å². The molecule has 0 saturated carbocycles. The van der Waals surface area contributed by atoms with Gasteiger partial charge in [0.15, 0.2) is 0 Å². The maximum atomic E-state index is 13.4. The zero-order valence-electron chi connectivity index (χ0n) is 17.2. The van der Waals surface area contributed by atoms with E-state index in [0.717, 1.165) is 48.0 Å². The largest absolute Gasteiger partial charge is 0.384 e. The Labute approximate surface area is 172 Å². The summed E-state index contributed by atoms with van der Waals surface area (Å²) in [6.45, 7) is 5.64. The summed E-state index contributed by atoms with van der Waals surface area (Å²) in [6, 6.07) is 18.8. The molecule has 1 heterocycles. The average molecular weight is 388 g/mol. The summed E-state index contributed by atoms with van der Waals surface area (Å²) in [6.07, 6.45) is 5.17. The van der Waals surface area contributed by atoms with Crippen LogP contribution in [0.2, 0.25) is 0 Å². The number of fused-ring (bicyclic) bond motifs is 1. The van der Waals surface area contributed by atoms with Crippen molar-refractivity contribution in [2.45, 2.75) is 45.7 Å². The van der Waals surface area contributed by atoms with E-state index < -0.39 is 0 Å². The predicted octanol–water partition coefficient (Wildman–Crippen LogP) is 5.16. The van der Waals surface area contributed by atoms with Gasteiger partial charge in [-0.2, -0.15) is 0 Å². The highest BCUT2D eigenvalue weighted by atomic mass is 16.2. The van der Waals surface area contributed by atoms with Gasteiger partial charge in [0, 0.05) is 42.2 Å². The van der Waals surface area contributed by atoms with Crippen molar-refractivity contribution in [3.8, 4) is 0 Å². The Bertz CT molecular complexity index is 1020. The standard InChI is InChI=1S/C25H29N3O/c1-3-28(25(29)24-18(2)22-14-7-8-15-23(22)27-24)21-13-9-12-20(16-21)26-17-19-10-5-4-6-11-19/h4-8,10-12,14-15,21,26-27H,3,9,13,16-17H2,1-2H3. The predicted molar refractivity (Wildman–Crippen MR) is 119 cm³/mol. The molecule has 2 aromatic carbocycles. The minimum Gasteiger partial charge on any atom is -0.384 e. The van der Waals surface area contributed by atoms with Crippen LogP contribution in [0.15, 0.2) is 66.4 Å². The number of aromatic nitrogens is 1. The molecule has 0 radical (unpaired) electrons. The lowest BCUT2D eigenvalue weighted by Crippen LogP contribution is -2.42. The fourth-order valence-corrected chi connectivity index (χ4v) is 4.32. The van der Waals surface area contributed by atoms with Crippen LogP contribution < -0.4 is 5.32 Å². The van der Waals surface area contributed by atoms with Gasteiger partial charge in [-0.25, -0.2) is 0 Å². The fraction of sp³-hybridized carbons (Fsp3) is 0.320. The number of amides is 1. The highest BCUT2D eigenvalue weighted by molar-refractivity contribution is 6.01. The lowest BCUT2D eigenvalue weighted by molar-refractivity contribution is 0.0668. The number of carbonyl (C=O) groups excluding carboxylic acids is 1. The third-order valence-corrected chi connectivity index (χ3v) is 5.93. The molecule has 4 heteroatoms. The Morgan fingerprint density at radius 3 is 2.66 bits per heavy atom. The summed E-state index contributed by atoms with van der Waals surface area (Å²) in [5, 5.41) is 4.70. The van der Waals surface area contributed by atoms with Crippen LogP contribution in [0.5, 0.6) is 0 Å². The average Bonchev–Trinajstić information content (AvgIpc) is 3.11. The highest BCUT2D eigenvalue weighted by Crippen LogP contribution is 2.27. The van der Waals surface area contributed by atoms with Crippen LogP contribution >= 0.6 is 0 Å². The molecule has 0 bridgehead atoms. The third-order valence-electron chi connectivity index (χ3n) is 5.93. The molecule has 3 aromatic rings. The van der Waals surface area contributed by atoms with E-state index in [1.165, 1.54) is 11.3 Å². The van der Waals surface area contributed by atoms with Crippen molar-refractivity contribution in [1.29, 1.82) is 0 Å². The van der Waals surface area contributed by atoms with E-state index in [1.807, 2.05) is 36.1 Å². The van der Waals surface area contributed by atoms with Gasteiger partial charge in [-0.1, -0.05) is 54.6 Å². The van der Waals surface area contributed by atoms with Crippen molar-refractivity contribution in [2.75, 3.05) is 6.54 Å². The Hall–Kier alpha value is -3.01. The number of nitrogens with zero attached hydrogens (tertiary/aromatic N) is 1. The molecule has 1 aromatic heterocycles. The van der Waals surface area contributed by atoms with E-state index in [9.17, 15) is 4.79 Å². The van der Waals surface area contributed by atoms with Crippen LogP contribution in [0, 0.1) is 6.92 Å². The van der Waals surface area contributed by atoms with Gasteiger partial charge >= 0.3 is 0 Å². The number of carbonyl (C=O) groups is 1. The van der Waals surface area contributed by atoms with Gasteiger partial charge in [0.2, 0.25) is 0 Å². The summed E-state index contributed by atoms with van der Waals surface area (Å²) in [5.74, 6) is 0.107. The third kappa shape index (κ3) is 4.07. The van der Waals surface area contributed by atoms with E-state index in [0.29, 0.717) is 6.54 Å². The molecular weight excluding hydrogens is 358 g/mol. The molecule has 2 N–H and O–H groups in total. The highest BCUT2D eigenvalue weighted by Gasteiger charge is 2.28. The lowest BCUT2D eigenvalue weighted by atomic mass is 9.96. The number of nitrogens with one attached hydrogen (secondary N) is 2. The molecule has 0 saturated heterocycles. The first-order valence-corrected chi connectivity index (χ1v) is 10.5. The molecule has 1 aliphatic carbocycles. The maximum absolute atomic E-state index is 13.4. The van der Waals surface area contributed by atoms with Gasteiger partial charge in [-0.3, -0.25) is 4.79 Å². The Kier molecular flexibility index (Phi) is 5.70. The SMILES string of the molecule is CCN(C(=O)c1[nH]c2ccccc2c1C)C1CCC=C(NCc2ccccc2)C1. The Morgan fingerprint density at radius 2 is 1.90 bits per heavy atom. The van der Waals surface area contributed by atoms with Crippen LogP contribution in [0.25, 0.3) is 10.9 Å². The van der Waals surface area contributed by atoms with E-state index in [-0.39, 0.29) is 11.9 Å². The molecule has 1 atom stereocenters. The number of allylic oxidation sites excluding steroid dienone is 1. The summed E-state index contributed by atoms with van der Waals surface area (Å²) in [5.41, 5.74) is 5.30. The second-order valence-corrected chi connectivity index (χ2v) is 7.77. The Morgan fingerprint density at radius 1 is 1.14 bits per heavy atom.